The molecule has 5 aliphatic heterocycles. The molecule has 8 N–H and O–H groups in total. The second-order valence-corrected chi connectivity index (χ2v) is 23.0. The Bertz CT molecular complexity index is 2080. The smallest absolute Gasteiger partial charge is 0.334 e. The molecule has 454 valence electrons. The first-order valence-electron chi connectivity index (χ1n) is 27.9. The van der Waals surface area contributed by atoms with Gasteiger partial charge in [0, 0.05) is 77.4 Å². The fourth-order valence-electron chi connectivity index (χ4n) is 11.6. The minimum atomic E-state index is -2.54. The first-order valence-corrected chi connectivity index (χ1v) is 27.9. The third-order valence-corrected chi connectivity index (χ3v) is 16.4. The number of allylic oxidation sites excluding steroid dienone is 7. The predicted octanol–water partition coefficient (Wildman–Crippen LogP) is 3.59. The molecular formula is C58H96O21. The quantitative estimate of drug-likeness (QED) is 0.109. The lowest BCUT2D eigenvalue weighted by Crippen LogP contribution is -2.66. The highest BCUT2D eigenvalue weighted by Gasteiger charge is 2.57. The van der Waals surface area contributed by atoms with E-state index in [1.54, 1.807) is 54.5 Å². The molecule has 0 aliphatic carbocycles. The molecule has 4 saturated heterocycles. The van der Waals surface area contributed by atoms with Gasteiger partial charge < -0.3 is 97.7 Å². The van der Waals surface area contributed by atoms with Gasteiger partial charge in [-0.2, -0.15) is 0 Å². The van der Waals surface area contributed by atoms with Crippen molar-refractivity contribution in [2.75, 3.05) is 35.0 Å². The molecule has 0 spiro atoms. The summed E-state index contributed by atoms with van der Waals surface area (Å²) in [5.41, 5.74) is 0.977. The van der Waals surface area contributed by atoms with E-state index in [9.17, 15) is 45.6 Å². The summed E-state index contributed by atoms with van der Waals surface area (Å²) < 4.78 is 72.0. The number of hydrogen-bond donors (Lipinski definition) is 8. The number of hydrogen-bond acceptors (Lipinski definition) is 21. The summed E-state index contributed by atoms with van der Waals surface area (Å²) in [7, 11) is 5.80. The van der Waals surface area contributed by atoms with Crippen LogP contribution in [-0.2, 0) is 61.6 Å². The molecule has 79 heavy (non-hydrogen) atoms. The molecule has 0 saturated carbocycles. The van der Waals surface area contributed by atoms with Crippen LogP contribution in [0.3, 0.4) is 0 Å². The fourth-order valence-corrected chi connectivity index (χ4v) is 11.6. The monoisotopic (exact) mass is 1130 g/mol. The van der Waals surface area contributed by atoms with Crippen LogP contribution in [0, 0.1) is 17.8 Å². The highest BCUT2D eigenvalue weighted by molar-refractivity contribution is 5.88. The Morgan fingerprint density at radius 3 is 2.05 bits per heavy atom. The van der Waals surface area contributed by atoms with E-state index in [0.717, 1.165) is 11.1 Å². The first-order chi connectivity index (χ1) is 37.1. The van der Waals surface area contributed by atoms with E-state index in [2.05, 4.69) is 0 Å². The fraction of sp³-hybridized carbons (Fsp3) is 0.810. The van der Waals surface area contributed by atoms with Crippen molar-refractivity contribution in [2.24, 2.45) is 17.8 Å². The second-order valence-electron chi connectivity index (χ2n) is 23.0. The molecule has 0 radical (unpaired) electrons. The molecule has 0 aromatic carbocycles. The zero-order chi connectivity index (χ0) is 58.8. The van der Waals surface area contributed by atoms with Crippen LogP contribution in [0.1, 0.15) is 115 Å². The Labute approximate surface area is 467 Å². The molecule has 5 heterocycles. The number of esters is 1. The summed E-state index contributed by atoms with van der Waals surface area (Å²) in [4.78, 5) is 14.1. The zero-order valence-electron chi connectivity index (χ0n) is 49.1. The van der Waals surface area contributed by atoms with E-state index < -0.39 is 152 Å². The van der Waals surface area contributed by atoms with Crippen LogP contribution in [-0.4, -0.2) is 216 Å². The summed E-state index contributed by atoms with van der Waals surface area (Å²) in [6.07, 6.45) is -8.27. The van der Waals surface area contributed by atoms with Gasteiger partial charge in [-0.3, -0.25) is 0 Å². The van der Waals surface area contributed by atoms with Gasteiger partial charge in [0.25, 0.3) is 0 Å². The maximum Gasteiger partial charge on any atom is 0.334 e. The van der Waals surface area contributed by atoms with E-state index in [1.165, 1.54) is 35.4 Å². The minimum absolute atomic E-state index is 0.00743. The molecule has 0 aromatic heterocycles. The van der Waals surface area contributed by atoms with Gasteiger partial charge in [-0.15, -0.1) is 0 Å². The average Bonchev–Trinajstić information content (AvgIpc) is 3.46. The van der Waals surface area contributed by atoms with Crippen molar-refractivity contribution in [1.82, 2.24) is 0 Å². The highest BCUT2D eigenvalue weighted by Crippen LogP contribution is 2.43. The molecule has 0 bridgehead atoms. The summed E-state index contributed by atoms with van der Waals surface area (Å²) in [6, 6.07) is 0. The Kier molecular flexibility index (Phi) is 25.3. The van der Waals surface area contributed by atoms with Crippen molar-refractivity contribution >= 4 is 5.97 Å². The number of aliphatic hydroxyl groups excluding tert-OH is 6. The van der Waals surface area contributed by atoms with Gasteiger partial charge in [-0.1, -0.05) is 67.9 Å². The number of aliphatic hydroxyl groups is 8. The molecule has 5 rings (SSSR count). The largest absolute Gasteiger partial charge is 0.456 e. The van der Waals surface area contributed by atoms with Crippen LogP contribution in [0.25, 0.3) is 0 Å². The van der Waals surface area contributed by atoms with Crippen molar-refractivity contribution < 1.29 is 102 Å². The SMILES string of the molecule is COC[C@@H](C[C@H]1O[C@@](O)([C@H](O)[C@@H]2C[C@H](OC)[C@@H](O)CC/C=C(C)/C=C/[C@@H](O[C@@H]3O[C@@H](C)[C@H](OC)[C@@H](O)[C@@H]3O)[C@H](C)/C=C(C)/C=C(C)/C=C(\C)C(=O)O2)[C@H](C)[C@@H](O)[C@H]1C)O[C@H]1CC(C)(O)[C@@H](O[C@H]2C[C@@H](OC)[C@H](O)[C@@H](C)O2)[C@H](C)O1. The van der Waals surface area contributed by atoms with Crippen LogP contribution >= 0.6 is 0 Å². The standard InChI is InChI=1S/C58H96O21/c1-29-17-16-18-40(59)43(69-13)25-45(76-55(65)33(5)23-31(3)21-30(2)22-32(4)41(20-19-29)77-56-51(63)50(62)52(71-15)37(9)74-56)53(64)58(67)35(7)48(60)34(6)42(79-58)24-39(28-68-12)75-47-27-57(11,66)54(38(10)73-47)78-46-26-44(70-14)49(61)36(8)72-46/h17,19-23,32,34-54,56,59-64,66-67H,16,18,24-28H2,1-15H3/b20-19+,29-17+,30-22+,31-21+,33-23+/t32-,34+,35-,36-,37+,38+,39-,40+,41-,42-,43+,44-,45+,46+,47+,48+,49-,50+,51+,52+,53-,54+,56+,57?,58-/m1/s1. The number of ether oxygens (including phenoxy) is 12. The molecule has 5 aliphatic rings. The molecule has 4 fully saturated rings. The van der Waals surface area contributed by atoms with Crippen LogP contribution in [0.5, 0.6) is 0 Å². The molecule has 1 unspecified atom stereocenters. The van der Waals surface area contributed by atoms with E-state index in [-0.39, 0.29) is 50.2 Å². The van der Waals surface area contributed by atoms with Crippen LogP contribution in [0.4, 0.5) is 0 Å². The van der Waals surface area contributed by atoms with E-state index >= 15 is 0 Å². The van der Waals surface area contributed by atoms with Gasteiger partial charge in [0.05, 0.1) is 73.2 Å². The lowest BCUT2D eigenvalue weighted by atomic mass is 9.76. The van der Waals surface area contributed by atoms with Crippen molar-refractivity contribution in [3.8, 4) is 0 Å². The summed E-state index contributed by atoms with van der Waals surface area (Å²) in [6.45, 7) is 19.1. The van der Waals surface area contributed by atoms with Gasteiger partial charge in [0.1, 0.15) is 42.7 Å². The van der Waals surface area contributed by atoms with Crippen LogP contribution in [0.15, 0.2) is 58.7 Å². The number of carbonyl (C=O) groups is 1. The maximum absolute atomic E-state index is 14.1. The number of carbonyl (C=O) groups excluding carboxylic acids is 1. The van der Waals surface area contributed by atoms with Gasteiger partial charge in [-0.05, 0) is 74.3 Å². The molecular weight excluding hydrogens is 1030 g/mol. The van der Waals surface area contributed by atoms with Gasteiger partial charge in [0.15, 0.2) is 18.9 Å². The molecule has 0 amide bonds. The molecule has 0 aromatic rings. The Morgan fingerprint density at radius 2 is 1.42 bits per heavy atom. The van der Waals surface area contributed by atoms with E-state index in [1.807, 2.05) is 51.2 Å². The lowest BCUT2D eigenvalue weighted by molar-refractivity contribution is -0.366. The normalized spacial score (nSPS) is 46.7. The summed E-state index contributed by atoms with van der Waals surface area (Å²) in [5.74, 6) is -5.45. The third kappa shape index (κ3) is 17.3. The second kappa shape index (κ2) is 29.8. The maximum atomic E-state index is 14.1. The molecule has 21 heteroatoms. The zero-order valence-corrected chi connectivity index (χ0v) is 49.1. The molecule has 25 atom stereocenters. The summed E-state index contributed by atoms with van der Waals surface area (Å²) in [5, 5.41) is 92.6. The minimum Gasteiger partial charge on any atom is -0.456 e. The van der Waals surface area contributed by atoms with Crippen LogP contribution in [0.2, 0.25) is 0 Å². The van der Waals surface area contributed by atoms with Gasteiger partial charge in [0.2, 0.25) is 5.79 Å². The third-order valence-electron chi connectivity index (χ3n) is 16.4. The van der Waals surface area contributed by atoms with Crippen molar-refractivity contribution in [3.63, 3.8) is 0 Å². The summed E-state index contributed by atoms with van der Waals surface area (Å²) >= 11 is 0. The van der Waals surface area contributed by atoms with Crippen molar-refractivity contribution in [3.05, 3.63) is 58.7 Å². The Balaban J connectivity index is 1.37. The van der Waals surface area contributed by atoms with Gasteiger partial charge in [-0.25, -0.2) is 4.79 Å². The molecule has 21 nitrogen and oxygen atoms in total. The van der Waals surface area contributed by atoms with Gasteiger partial charge >= 0.3 is 5.97 Å². The number of cyclic esters (lactones) is 1. The van der Waals surface area contributed by atoms with E-state index in [0.29, 0.717) is 12.0 Å². The topological polar surface area (TPSA) is 290 Å². The number of rotatable bonds is 15. The first kappa shape index (κ1) is 67.2. The lowest BCUT2D eigenvalue weighted by Gasteiger charge is -2.51. The van der Waals surface area contributed by atoms with Crippen molar-refractivity contribution in [2.45, 2.75) is 249 Å². The Hall–Kier alpha value is -2.59. The van der Waals surface area contributed by atoms with Crippen molar-refractivity contribution in [1.29, 1.82) is 0 Å². The number of methoxy groups -OCH3 is 4. The average molecular weight is 1130 g/mol. The highest BCUT2D eigenvalue weighted by atomic mass is 16.7. The Morgan fingerprint density at radius 1 is 0.747 bits per heavy atom. The van der Waals surface area contributed by atoms with E-state index in [4.69, 9.17) is 56.8 Å². The van der Waals surface area contributed by atoms with Crippen LogP contribution < -0.4 is 0 Å². The predicted molar refractivity (Wildman–Crippen MR) is 288 cm³/mol.